The quantitative estimate of drug-likeness (QED) is 0.728. The summed E-state index contributed by atoms with van der Waals surface area (Å²) in [4.78, 5) is 26.2. The minimum Gasteiger partial charge on any atom is -0.497 e. The lowest BCUT2D eigenvalue weighted by Gasteiger charge is -2.23. The van der Waals surface area contributed by atoms with Gasteiger partial charge < -0.3 is 15.4 Å². The summed E-state index contributed by atoms with van der Waals surface area (Å²) in [6, 6.07) is 14.0. The molecule has 0 bridgehead atoms. The molecular formula is C20H24ClN3O3. The Balaban J connectivity index is 1.83. The molecule has 144 valence electrons. The van der Waals surface area contributed by atoms with Gasteiger partial charge in [0.1, 0.15) is 5.75 Å². The first-order chi connectivity index (χ1) is 12.9. The van der Waals surface area contributed by atoms with E-state index in [9.17, 15) is 9.59 Å². The summed E-state index contributed by atoms with van der Waals surface area (Å²) in [7, 11) is 3.33. The van der Waals surface area contributed by atoms with Crippen LogP contribution in [0.3, 0.4) is 0 Å². The second kappa shape index (κ2) is 9.94. The summed E-state index contributed by atoms with van der Waals surface area (Å²) in [5.74, 6) is 0.368. The average molecular weight is 390 g/mol. The Kier molecular flexibility index (Phi) is 7.64. The van der Waals surface area contributed by atoms with Crippen LogP contribution in [0.15, 0.2) is 48.5 Å². The summed E-state index contributed by atoms with van der Waals surface area (Å²) in [6.45, 7) is 2.23. The van der Waals surface area contributed by atoms with Crippen LogP contribution in [0.2, 0.25) is 5.02 Å². The van der Waals surface area contributed by atoms with Crippen molar-refractivity contribution in [2.45, 2.75) is 19.5 Å². The number of nitrogens with one attached hydrogen (secondary N) is 2. The first kappa shape index (κ1) is 20.7. The van der Waals surface area contributed by atoms with Gasteiger partial charge >= 0.3 is 0 Å². The van der Waals surface area contributed by atoms with Gasteiger partial charge in [0.2, 0.25) is 11.8 Å². The van der Waals surface area contributed by atoms with Crippen LogP contribution in [0.25, 0.3) is 0 Å². The summed E-state index contributed by atoms with van der Waals surface area (Å²) in [6.07, 6.45) is 0. The van der Waals surface area contributed by atoms with E-state index in [1.165, 1.54) is 0 Å². The standard InChI is InChI=1S/C20H24ClN3O3/c1-14(20(26)22-12-15-6-4-9-18(10-15)27-3)24(2)13-19(25)23-17-8-5-7-16(21)11-17/h4-11,14H,12-13H2,1-3H3,(H,22,26)(H,23,25). The van der Waals surface area contributed by atoms with Crippen molar-refractivity contribution in [3.8, 4) is 5.75 Å². The second-order valence-corrected chi connectivity index (χ2v) is 6.66. The Morgan fingerprint density at radius 2 is 1.93 bits per heavy atom. The van der Waals surface area contributed by atoms with E-state index in [0.717, 1.165) is 11.3 Å². The number of carbonyl (C=O) groups excluding carboxylic acids is 2. The van der Waals surface area contributed by atoms with Crippen molar-refractivity contribution in [1.82, 2.24) is 10.2 Å². The highest BCUT2D eigenvalue weighted by Gasteiger charge is 2.20. The van der Waals surface area contributed by atoms with E-state index in [4.69, 9.17) is 16.3 Å². The minimum absolute atomic E-state index is 0.0836. The number of hydrogen-bond acceptors (Lipinski definition) is 4. The number of hydrogen-bond donors (Lipinski definition) is 2. The van der Waals surface area contributed by atoms with Crippen LogP contribution < -0.4 is 15.4 Å². The minimum atomic E-state index is -0.458. The van der Waals surface area contributed by atoms with E-state index in [1.54, 1.807) is 50.2 Å². The third-order valence-corrected chi connectivity index (χ3v) is 4.38. The van der Waals surface area contributed by atoms with Gasteiger partial charge in [-0.05, 0) is 49.9 Å². The Morgan fingerprint density at radius 3 is 2.63 bits per heavy atom. The van der Waals surface area contributed by atoms with E-state index in [-0.39, 0.29) is 18.4 Å². The van der Waals surface area contributed by atoms with Crippen LogP contribution in [-0.2, 0) is 16.1 Å². The monoisotopic (exact) mass is 389 g/mol. The molecule has 1 unspecified atom stereocenters. The summed E-state index contributed by atoms with van der Waals surface area (Å²) in [5, 5.41) is 6.19. The van der Waals surface area contributed by atoms with Gasteiger partial charge in [0.15, 0.2) is 0 Å². The molecule has 2 aromatic rings. The van der Waals surface area contributed by atoms with Gasteiger partial charge in [-0.15, -0.1) is 0 Å². The van der Waals surface area contributed by atoms with Gasteiger partial charge in [-0.25, -0.2) is 0 Å². The summed E-state index contributed by atoms with van der Waals surface area (Å²) >= 11 is 5.91. The normalized spacial score (nSPS) is 11.7. The van der Waals surface area contributed by atoms with Crippen molar-refractivity contribution < 1.29 is 14.3 Å². The smallest absolute Gasteiger partial charge is 0.238 e. The Hall–Kier alpha value is -2.57. The van der Waals surface area contributed by atoms with E-state index in [1.807, 2.05) is 24.3 Å². The number of halogens is 1. The van der Waals surface area contributed by atoms with Gasteiger partial charge in [0.05, 0.1) is 19.7 Å². The number of carbonyl (C=O) groups is 2. The zero-order valence-corrected chi connectivity index (χ0v) is 16.4. The first-order valence-corrected chi connectivity index (χ1v) is 8.93. The van der Waals surface area contributed by atoms with E-state index >= 15 is 0 Å². The summed E-state index contributed by atoms with van der Waals surface area (Å²) in [5.41, 5.74) is 1.56. The molecule has 0 radical (unpaired) electrons. The highest BCUT2D eigenvalue weighted by Crippen LogP contribution is 2.15. The van der Waals surface area contributed by atoms with Crippen LogP contribution >= 0.6 is 11.6 Å². The predicted octanol–water partition coefficient (Wildman–Crippen LogP) is 2.92. The number of nitrogens with zero attached hydrogens (tertiary/aromatic N) is 1. The molecule has 2 amide bonds. The Bertz CT molecular complexity index is 798. The third kappa shape index (κ3) is 6.58. The molecule has 2 N–H and O–H groups in total. The van der Waals surface area contributed by atoms with E-state index < -0.39 is 6.04 Å². The second-order valence-electron chi connectivity index (χ2n) is 6.22. The molecule has 7 heteroatoms. The fourth-order valence-electron chi connectivity index (χ4n) is 2.45. The SMILES string of the molecule is COc1cccc(CNC(=O)C(C)N(C)CC(=O)Nc2cccc(Cl)c2)c1. The zero-order valence-electron chi connectivity index (χ0n) is 15.7. The van der Waals surface area contributed by atoms with Crippen molar-refractivity contribution in [1.29, 1.82) is 0 Å². The molecule has 0 aliphatic rings. The Morgan fingerprint density at radius 1 is 1.19 bits per heavy atom. The number of amides is 2. The van der Waals surface area contributed by atoms with Gasteiger partial charge in [0.25, 0.3) is 0 Å². The number of likely N-dealkylation sites (N-methyl/N-ethyl adjacent to an activating group) is 1. The lowest BCUT2D eigenvalue weighted by atomic mass is 10.2. The van der Waals surface area contributed by atoms with Crippen molar-refractivity contribution in [3.05, 3.63) is 59.1 Å². The lowest BCUT2D eigenvalue weighted by molar-refractivity contribution is -0.126. The fraction of sp³-hybridized carbons (Fsp3) is 0.300. The topological polar surface area (TPSA) is 70.7 Å². The molecule has 0 aromatic heterocycles. The van der Waals surface area contributed by atoms with E-state index in [0.29, 0.717) is 17.3 Å². The molecule has 0 aliphatic heterocycles. The van der Waals surface area contributed by atoms with Gasteiger partial charge in [0, 0.05) is 17.3 Å². The Labute approximate surface area is 164 Å². The maximum absolute atomic E-state index is 12.4. The maximum atomic E-state index is 12.4. The molecule has 0 heterocycles. The third-order valence-electron chi connectivity index (χ3n) is 4.14. The van der Waals surface area contributed by atoms with Gasteiger partial charge in [-0.3, -0.25) is 14.5 Å². The van der Waals surface area contributed by atoms with Crippen LogP contribution in [0, 0.1) is 0 Å². The van der Waals surface area contributed by atoms with Crippen molar-refractivity contribution in [3.63, 3.8) is 0 Å². The van der Waals surface area contributed by atoms with Gasteiger partial charge in [-0.1, -0.05) is 29.8 Å². The number of ether oxygens (including phenoxy) is 1. The molecular weight excluding hydrogens is 366 g/mol. The number of methoxy groups -OCH3 is 1. The maximum Gasteiger partial charge on any atom is 0.238 e. The number of benzene rings is 2. The molecule has 2 aromatic carbocycles. The average Bonchev–Trinajstić information content (AvgIpc) is 2.65. The first-order valence-electron chi connectivity index (χ1n) is 8.55. The molecule has 0 saturated carbocycles. The zero-order chi connectivity index (χ0) is 19.8. The molecule has 2 rings (SSSR count). The molecule has 6 nitrogen and oxygen atoms in total. The highest BCUT2D eigenvalue weighted by atomic mass is 35.5. The van der Waals surface area contributed by atoms with Crippen molar-refractivity contribution in [2.24, 2.45) is 0 Å². The number of rotatable bonds is 8. The predicted molar refractivity (Wildman–Crippen MR) is 107 cm³/mol. The molecule has 1 atom stereocenters. The molecule has 27 heavy (non-hydrogen) atoms. The largest absolute Gasteiger partial charge is 0.497 e. The number of anilines is 1. The fourth-order valence-corrected chi connectivity index (χ4v) is 2.64. The van der Waals surface area contributed by atoms with Crippen LogP contribution in [0.4, 0.5) is 5.69 Å². The molecule has 0 spiro atoms. The molecule has 0 saturated heterocycles. The molecule has 0 fully saturated rings. The van der Waals surface area contributed by atoms with Crippen LogP contribution in [-0.4, -0.2) is 43.5 Å². The van der Waals surface area contributed by atoms with Gasteiger partial charge in [-0.2, -0.15) is 0 Å². The van der Waals surface area contributed by atoms with Crippen molar-refractivity contribution in [2.75, 3.05) is 26.0 Å². The van der Waals surface area contributed by atoms with Crippen LogP contribution in [0.1, 0.15) is 12.5 Å². The van der Waals surface area contributed by atoms with E-state index in [2.05, 4.69) is 10.6 Å². The lowest BCUT2D eigenvalue weighted by Crippen LogP contribution is -2.45. The highest BCUT2D eigenvalue weighted by molar-refractivity contribution is 6.30. The summed E-state index contributed by atoms with van der Waals surface area (Å²) < 4.78 is 5.17. The van der Waals surface area contributed by atoms with Crippen molar-refractivity contribution >= 4 is 29.1 Å². The van der Waals surface area contributed by atoms with Crippen LogP contribution in [0.5, 0.6) is 5.75 Å². The molecule has 0 aliphatic carbocycles.